The summed E-state index contributed by atoms with van der Waals surface area (Å²) in [5, 5.41) is 3.78. The molecule has 1 heterocycles. The molecule has 2 fully saturated rings. The quantitative estimate of drug-likeness (QED) is 0.797. The Hall–Kier alpha value is 0.270. The first-order valence-corrected chi connectivity index (χ1v) is 7.85. The second-order valence-electron chi connectivity index (χ2n) is 5.98. The highest BCUT2D eigenvalue weighted by Gasteiger charge is 2.29. The first-order chi connectivity index (χ1) is 7.59. The summed E-state index contributed by atoms with van der Waals surface area (Å²) in [6, 6.07) is 1.62. The van der Waals surface area contributed by atoms with Crippen molar-refractivity contribution in [2.45, 2.75) is 56.4 Å². The van der Waals surface area contributed by atoms with Crippen LogP contribution >= 0.6 is 11.8 Å². The van der Waals surface area contributed by atoms with Gasteiger partial charge in [0.25, 0.3) is 0 Å². The summed E-state index contributed by atoms with van der Waals surface area (Å²) in [6.45, 7) is 8.51. The van der Waals surface area contributed by atoms with E-state index < -0.39 is 0 Å². The Morgan fingerprint density at radius 1 is 1.25 bits per heavy atom. The van der Waals surface area contributed by atoms with Crippen LogP contribution in [0.3, 0.4) is 0 Å². The minimum atomic E-state index is 0.404. The molecule has 0 amide bonds. The third kappa shape index (κ3) is 3.94. The lowest BCUT2D eigenvalue weighted by atomic mass is 10.0. The van der Waals surface area contributed by atoms with Gasteiger partial charge in [0.1, 0.15) is 0 Å². The highest BCUT2D eigenvalue weighted by Crippen LogP contribution is 2.25. The molecule has 0 radical (unpaired) electrons. The largest absolute Gasteiger partial charge is 0.310 e. The van der Waals surface area contributed by atoms with E-state index in [1.54, 1.807) is 0 Å². The molecule has 1 aliphatic heterocycles. The third-order valence-corrected chi connectivity index (χ3v) is 4.95. The lowest BCUT2D eigenvalue weighted by Gasteiger charge is -2.37. The van der Waals surface area contributed by atoms with E-state index in [0.717, 1.165) is 12.1 Å². The molecule has 1 unspecified atom stereocenters. The molecular weight excluding hydrogens is 216 g/mol. The molecule has 16 heavy (non-hydrogen) atoms. The zero-order valence-corrected chi connectivity index (χ0v) is 11.8. The Kier molecular flexibility index (Phi) is 4.20. The molecule has 0 aromatic rings. The van der Waals surface area contributed by atoms with Crippen molar-refractivity contribution in [3.8, 4) is 0 Å². The maximum atomic E-state index is 3.78. The smallest absolute Gasteiger partial charge is 0.0227 e. The predicted molar refractivity (Wildman–Crippen MR) is 73.2 cm³/mol. The van der Waals surface area contributed by atoms with Gasteiger partial charge in [0.15, 0.2) is 0 Å². The van der Waals surface area contributed by atoms with Crippen LogP contribution in [0.4, 0.5) is 0 Å². The molecule has 0 aromatic carbocycles. The van der Waals surface area contributed by atoms with Crippen molar-refractivity contribution in [1.29, 1.82) is 0 Å². The van der Waals surface area contributed by atoms with Crippen LogP contribution < -0.4 is 5.32 Å². The van der Waals surface area contributed by atoms with Crippen LogP contribution in [-0.2, 0) is 0 Å². The van der Waals surface area contributed by atoms with Crippen molar-refractivity contribution < 1.29 is 0 Å². The van der Waals surface area contributed by atoms with Gasteiger partial charge in [-0.2, -0.15) is 11.8 Å². The number of likely N-dealkylation sites (tertiary alicyclic amines) is 1. The van der Waals surface area contributed by atoms with Gasteiger partial charge < -0.3 is 10.2 Å². The first kappa shape index (κ1) is 12.7. The van der Waals surface area contributed by atoms with E-state index in [4.69, 9.17) is 0 Å². The number of piperidine rings is 1. The average molecular weight is 242 g/mol. The van der Waals surface area contributed by atoms with Crippen LogP contribution in [0.25, 0.3) is 0 Å². The summed E-state index contributed by atoms with van der Waals surface area (Å²) in [7, 11) is 0. The van der Waals surface area contributed by atoms with Gasteiger partial charge in [-0.1, -0.05) is 0 Å². The minimum Gasteiger partial charge on any atom is -0.310 e. The molecule has 3 heteroatoms. The van der Waals surface area contributed by atoms with Crippen molar-refractivity contribution in [3.63, 3.8) is 0 Å². The predicted octanol–water partition coefficient (Wildman–Crippen LogP) is 2.34. The first-order valence-electron chi connectivity index (χ1n) is 6.62. The molecule has 0 spiro atoms. The van der Waals surface area contributed by atoms with Crippen LogP contribution in [0.2, 0.25) is 0 Å². The van der Waals surface area contributed by atoms with Crippen molar-refractivity contribution >= 4 is 11.8 Å². The van der Waals surface area contributed by atoms with E-state index in [1.807, 2.05) is 11.8 Å². The summed E-state index contributed by atoms with van der Waals surface area (Å²) >= 11 is 1.99. The number of nitrogens with one attached hydrogen (secondary N) is 1. The summed E-state index contributed by atoms with van der Waals surface area (Å²) in [5.41, 5.74) is 0. The fourth-order valence-electron chi connectivity index (χ4n) is 2.52. The molecule has 2 rings (SSSR count). The van der Waals surface area contributed by atoms with Gasteiger partial charge in [0.05, 0.1) is 0 Å². The van der Waals surface area contributed by atoms with Gasteiger partial charge in [-0.15, -0.1) is 0 Å². The van der Waals surface area contributed by atoms with Crippen LogP contribution in [0, 0.1) is 0 Å². The van der Waals surface area contributed by atoms with Gasteiger partial charge in [-0.3, -0.25) is 0 Å². The monoisotopic (exact) mass is 242 g/mol. The zero-order chi connectivity index (χ0) is 11.6. The highest BCUT2D eigenvalue weighted by molar-refractivity contribution is 7.99. The number of nitrogens with zero attached hydrogens (tertiary/aromatic N) is 1. The normalized spacial score (nSPS) is 28.3. The molecule has 2 aliphatic rings. The van der Waals surface area contributed by atoms with Crippen molar-refractivity contribution in [2.24, 2.45) is 0 Å². The Bertz CT molecular complexity index is 226. The maximum Gasteiger partial charge on any atom is 0.0227 e. The number of rotatable bonds is 5. The third-order valence-electron chi connectivity index (χ3n) is 3.71. The molecular formula is C13H26N2S. The van der Waals surface area contributed by atoms with Gasteiger partial charge >= 0.3 is 0 Å². The minimum absolute atomic E-state index is 0.404. The standard InChI is InChI=1S/C13H26N2S/c1-13(2,16-3)10-15-8-4-5-12(9-15)14-11-6-7-11/h11-12,14H,4-10H2,1-3H3. The van der Waals surface area contributed by atoms with Crippen LogP contribution in [-0.4, -0.2) is 47.6 Å². The maximum absolute atomic E-state index is 3.78. The lowest BCUT2D eigenvalue weighted by molar-refractivity contribution is 0.179. The Balaban J connectivity index is 1.76. The summed E-state index contributed by atoms with van der Waals surface area (Å²) in [4.78, 5) is 2.65. The highest BCUT2D eigenvalue weighted by atomic mass is 32.2. The molecule has 1 aliphatic carbocycles. The molecule has 0 aromatic heterocycles. The van der Waals surface area contributed by atoms with Gasteiger partial charge in [-0.25, -0.2) is 0 Å². The Labute approximate surface area is 105 Å². The fourth-order valence-corrected chi connectivity index (χ4v) is 2.83. The number of hydrogen-bond acceptors (Lipinski definition) is 3. The molecule has 0 bridgehead atoms. The van der Waals surface area contributed by atoms with Gasteiger partial charge in [0.2, 0.25) is 0 Å². The van der Waals surface area contributed by atoms with Crippen LogP contribution in [0.15, 0.2) is 0 Å². The van der Waals surface area contributed by atoms with E-state index in [9.17, 15) is 0 Å². The van der Waals surface area contributed by atoms with E-state index in [-0.39, 0.29) is 0 Å². The number of thioether (sulfide) groups is 1. The van der Waals surface area contributed by atoms with E-state index >= 15 is 0 Å². The summed E-state index contributed by atoms with van der Waals surface area (Å²) in [6.07, 6.45) is 7.80. The van der Waals surface area contributed by atoms with Crippen LogP contribution in [0.5, 0.6) is 0 Å². The Morgan fingerprint density at radius 3 is 2.62 bits per heavy atom. The number of hydrogen-bond donors (Lipinski definition) is 1. The van der Waals surface area contributed by atoms with Crippen LogP contribution in [0.1, 0.15) is 39.5 Å². The molecule has 1 atom stereocenters. The topological polar surface area (TPSA) is 15.3 Å². The average Bonchev–Trinajstić information content (AvgIpc) is 3.02. The second-order valence-corrected chi connectivity index (χ2v) is 7.49. The van der Waals surface area contributed by atoms with E-state index in [1.165, 1.54) is 45.3 Å². The van der Waals surface area contributed by atoms with E-state index in [2.05, 4.69) is 30.3 Å². The lowest BCUT2D eigenvalue weighted by Crippen LogP contribution is -2.49. The summed E-state index contributed by atoms with van der Waals surface area (Å²) in [5.74, 6) is 0. The zero-order valence-electron chi connectivity index (χ0n) is 11.0. The molecule has 94 valence electrons. The van der Waals surface area contributed by atoms with Gasteiger partial charge in [0, 0.05) is 29.9 Å². The SMILES string of the molecule is CSC(C)(C)CN1CCCC(NC2CC2)C1. The van der Waals surface area contributed by atoms with E-state index in [0.29, 0.717) is 4.75 Å². The molecule has 1 saturated carbocycles. The van der Waals surface area contributed by atoms with Crippen molar-refractivity contribution in [2.75, 3.05) is 25.9 Å². The van der Waals surface area contributed by atoms with Gasteiger partial charge in [-0.05, 0) is 52.3 Å². The van der Waals surface area contributed by atoms with Crippen molar-refractivity contribution in [3.05, 3.63) is 0 Å². The summed E-state index contributed by atoms with van der Waals surface area (Å²) < 4.78 is 0.404. The molecule has 1 N–H and O–H groups in total. The molecule has 1 saturated heterocycles. The molecule has 2 nitrogen and oxygen atoms in total. The second kappa shape index (κ2) is 5.28. The Morgan fingerprint density at radius 2 is 2.00 bits per heavy atom. The fraction of sp³-hybridized carbons (Fsp3) is 1.00. The van der Waals surface area contributed by atoms with Crippen molar-refractivity contribution in [1.82, 2.24) is 10.2 Å².